The Morgan fingerprint density at radius 3 is 2.83 bits per heavy atom. The van der Waals surface area contributed by atoms with E-state index in [1.54, 1.807) is 7.11 Å². The number of hydrogen-bond acceptors (Lipinski definition) is 4. The summed E-state index contributed by atoms with van der Waals surface area (Å²) in [4.78, 5) is 6.72. The highest BCUT2D eigenvalue weighted by molar-refractivity contribution is 5.26. The second kappa shape index (κ2) is 5.71. The Labute approximate surface area is 109 Å². The lowest BCUT2D eigenvalue weighted by Crippen LogP contribution is -2.53. The maximum atomic E-state index is 5.04. The van der Waals surface area contributed by atoms with Crippen molar-refractivity contribution in [3.8, 4) is 0 Å². The van der Waals surface area contributed by atoms with Gasteiger partial charge in [0, 0.05) is 38.1 Å². The van der Waals surface area contributed by atoms with Crippen molar-refractivity contribution < 1.29 is 4.74 Å². The molecule has 1 saturated carbocycles. The smallest absolute Gasteiger partial charge is 0.202 e. The third kappa shape index (κ3) is 2.67. The van der Waals surface area contributed by atoms with Gasteiger partial charge in [0.25, 0.3) is 0 Å². The van der Waals surface area contributed by atoms with Crippen molar-refractivity contribution in [2.24, 2.45) is 0 Å². The first-order chi connectivity index (χ1) is 8.68. The zero-order chi connectivity index (χ0) is 13.0. The minimum Gasteiger partial charge on any atom is -0.383 e. The number of methoxy groups -OCH3 is 1. The zero-order valence-corrected chi connectivity index (χ0v) is 11.6. The minimum absolute atomic E-state index is 0.318. The molecule has 2 rings (SSSR count). The van der Waals surface area contributed by atoms with Gasteiger partial charge >= 0.3 is 0 Å². The van der Waals surface area contributed by atoms with E-state index in [-0.39, 0.29) is 0 Å². The average Bonchev–Trinajstić information content (AvgIpc) is 2.71. The lowest BCUT2D eigenvalue weighted by atomic mass is 9.75. The van der Waals surface area contributed by atoms with Gasteiger partial charge in [-0.25, -0.2) is 4.98 Å². The molecule has 0 atom stereocenters. The summed E-state index contributed by atoms with van der Waals surface area (Å²) in [5, 5.41) is 3.31. The maximum Gasteiger partial charge on any atom is 0.202 e. The number of hydrogen-bond donors (Lipinski definition) is 1. The number of aromatic nitrogens is 2. The molecule has 1 aliphatic rings. The van der Waals surface area contributed by atoms with Crippen LogP contribution in [0.1, 0.15) is 19.3 Å². The van der Waals surface area contributed by atoms with E-state index < -0.39 is 0 Å². The quantitative estimate of drug-likeness (QED) is 0.745. The van der Waals surface area contributed by atoms with Crippen molar-refractivity contribution >= 4 is 5.95 Å². The van der Waals surface area contributed by atoms with Crippen LogP contribution in [0.25, 0.3) is 0 Å². The summed E-state index contributed by atoms with van der Waals surface area (Å²) < 4.78 is 7.26. The van der Waals surface area contributed by atoms with Crippen molar-refractivity contribution in [2.45, 2.75) is 31.3 Å². The number of nitrogens with one attached hydrogen (secondary N) is 1. The molecule has 0 saturated heterocycles. The van der Waals surface area contributed by atoms with Crippen LogP contribution in [-0.4, -0.2) is 54.3 Å². The van der Waals surface area contributed by atoms with Crippen LogP contribution < -0.4 is 5.32 Å². The van der Waals surface area contributed by atoms with E-state index in [4.69, 9.17) is 4.74 Å². The van der Waals surface area contributed by atoms with Gasteiger partial charge in [-0.1, -0.05) is 0 Å². The summed E-state index contributed by atoms with van der Waals surface area (Å²) in [6.45, 7) is 2.50. The molecule has 5 heteroatoms. The van der Waals surface area contributed by atoms with E-state index in [1.807, 2.05) is 6.20 Å². The molecule has 1 fully saturated rings. The Morgan fingerprint density at radius 1 is 1.50 bits per heavy atom. The topological polar surface area (TPSA) is 42.3 Å². The fourth-order valence-corrected chi connectivity index (χ4v) is 2.52. The Morgan fingerprint density at radius 2 is 2.28 bits per heavy atom. The second-order valence-electron chi connectivity index (χ2n) is 5.27. The monoisotopic (exact) mass is 252 g/mol. The first-order valence-corrected chi connectivity index (χ1v) is 6.59. The van der Waals surface area contributed by atoms with Gasteiger partial charge in [0.05, 0.1) is 6.61 Å². The van der Waals surface area contributed by atoms with Crippen molar-refractivity contribution in [1.82, 2.24) is 14.5 Å². The zero-order valence-electron chi connectivity index (χ0n) is 11.6. The van der Waals surface area contributed by atoms with E-state index in [0.29, 0.717) is 12.1 Å². The van der Waals surface area contributed by atoms with Gasteiger partial charge in [0.1, 0.15) is 0 Å². The number of imidazole rings is 1. The normalized spacial score (nSPS) is 17.8. The third-order valence-corrected chi connectivity index (χ3v) is 4.00. The van der Waals surface area contributed by atoms with Gasteiger partial charge in [0.15, 0.2) is 0 Å². The summed E-state index contributed by atoms with van der Waals surface area (Å²) >= 11 is 0. The molecule has 1 aliphatic carbocycles. The summed E-state index contributed by atoms with van der Waals surface area (Å²) in [6.07, 6.45) is 7.79. The summed E-state index contributed by atoms with van der Waals surface area (Å²) in [7, 11) is 6.06. The molecular weight excluding hydrogens is 228 g/mol. The first-order valence-electron chi connectivity index (χ1n) is 6.59. The summed E-state index contributed by atoms with van der Waals surface area (Å²) in [5.74, 6) is 0.945. The molecule has 18 heavy (non-hydrogen) atoms. The summed E-state index contributed by atoms with van der Waals surface area (Å²) in [6, 6.07) is 0. The van der Waals surface area contributed by atoms with E-state index in [9.17, 15) is 0 Å². The van der Waals surface area contributed by atoms with E-state index in [1.165, 1.54) is 19.3 Å². The molecule has 0 radical (unpaired) electrons. The largest absolute Gasteiger partial charge is 0.383 e. The molecule has 0 amide bonds. The van der Waals surface area contributed by atoms with Crippen LogP contribution in [0.5, 0.6) is 0 Å². The van der Waals surface area contributed by atoms with E-state index >= 15 is 0 Å². The lowest BCUT2D eigenvalue weighted by Gasteiger charge is -2.47. The predicted octanol–water partition coefficient (Wildman–Crippen LogP) is 1.43. The Balaban J connectivity index is 1.98. The lowest BCUT2D eigenvalue weighted by molar-refractivity contribution is 0.0429. The molecule has 0 bridgehead atoms. The molecule has 1 N–H and O–H groups in total. The highest BCUT2D eigenvalue weighted by atomic mass is 16.5. The van der Waals surface area contributed by atoms with Gasteiger partial charge < -0.3 is 19.5 Å². The van der Waals surface area contributed by atoms with E-state index in [2.05, 4.69) is 40.1 Å². The number of anilines is 1. The Hall–Kier alpha value is -1.07. The predicted molar refractivity (Wildman–Crippen MR) is 72.9 cm³/mol. The Bertz CT molecular complexity index is 371. The highest BCUT2D eigenvalue weighted by Gasteiger charge is 2.39. The molecule has 0 aromatic carbocycles. The van der Waals surface area contributed by atoms with Crippen molar-refractivity contribution in [2.75, 3.05) is 39.7 Å². The maximum absolute atomic E-state index is 5.04. The molecule has 102 valence electrons. The van der Waals surface area contributed by atoms with Crippen molar-refractivity contribution in [1.29, 1.82) is 0 Å². The van der Waals surface area contributed by atoms with Crippen LogP contribution in [-0.2, 0) is 11.3 Å². The van der Waals surface area contributed by atoms with Crippen LogP contribution in [0.3, 0.4) is 0 Å². The van der Waals surface area contributed by atoms with Crippen molar-refractivity contribution in [3.63, 3.8) is 0 Å². The second-order valence-corrected chi connectivity index (χ2v) is 5.27. The van der Waals surface area contributed by atoms with Crippen LogP contribution in [0.2, 0.25) is 0 Å². The van der Waals surface area contributed by atoms with Gasteiger partial charge in [-0.15, -0.1) is 0 Å². The molecular formula is C13H24N4O. The molecule has 1 aromatic rings. The molecule has 0 spiro atoms. The van der Waals surface area contributed by atoms with Gasteiger partial charge in [0.2, 0.25) is 5.95 Å². The van der Waals surface area contributed by atoms with Crippen LogP contribution in [0.15, 0.2) is 12.4 Å². The first kappa shape index (κ1) is 13.4. The molecule has 5 nitrogen and oxygen atoms in total. The SMILES string of the molecule is COCCNc1nccn1CC1(N(C)C)CCC1. The molecule has 0 aliphatic heterocycles. The van der Waals surface area contributed by atoms with Gasteiger partial charge in [-0.05, 0) is 33.4 Å². The fraction of sp³-hybridized carbons (Fsp3) is 0.769. The number of ether oxygens (including phenoxy) is 1. The number of rotatable bonds is 7. The van der Waals surface area contributed by atoms with Gasteiger partial charge in [-0.2, -0.15) is 0 Å². The average molecular weight is 252 g/mol. The highest BCUT2D eigenvalue weighted by Crippen LogP contribution is 2.38. The molecule has 1 heterocycles. The van der Waals surface area contributed by atoms with E-state index in [0.717, 1.165) is 19.0 Å². The van der Waals surface area contributed by atoms with Crippen LogP contribution in [0.4, 0.5) is 5.95 Å². The molecule has 0 unspecified atom stereocenters. The third-order valence-electron chi connectivity index (χ3n) is 4.00. The van der Waals surface area contributed by atoms with Crippen LogP contribution >= 0.6 is 0 Å². The standard InChI is InChI=1S/C13H24N4O/c1-16(2)13(5-4-6-13)11-17-9-7-14-12(17)15-8-10-18-3/h7,9H,4-6,8,10-11H2,1-3H3,(H,14,15). The van der Waals surface area contributed by atoms with Crippen molar-refractivity contribution in [3.05, 3.63) is 12.4 Å². The number of nitrogens with zero attached hydrogens (tertiary/aromatic N) is 3. The molecule has 1 aromatic heterocycles. The fourth-order valence-electron chi connectivity index (χ4n) is 2.52. The van der Waals surface area contributed by atoms with Crippen LogP contribution in [0, 0.1) is 0 Å². The summed E-state index contributed by atoms with van der Waals surface area (Å²) in [5.41, 5.74) is 0.318. The van der Waals surface area contributed by atoms with Gasteiger partial charge in [-0.3, -0.25) is 0 Å². The number of likely N-dealkylation sites (N-methyl/N-ethyl adjacent to an activating group) is 1. The minimum atomic E-state index is 0.318. The Kier molecular flexibility index (Phi) is 4.24.